The summed E-state index contributed by atoms with van der Waals surface area (Å²) in [6, 6.07) is 19.9. The third kappa shape index (κ3) is 7.33. The van der Waals surface area contributed by atoms with Crippen LogP contribution in [0, 0.1) is 19.7 Å². The predicted octanol–water partition coefficient (Wildman–Crippen LogP) is 5.08. The number of aryl methyl sites for hydroxylation is 2. The number of rotatable bonds is 11. The van der Waals surface area contributed by atoms with Gasteiger partial charge in [-0.15, -0.1) is 0 Å². The molecule has 3 aromatic rings. The summed E-state index contributed by atoms with van der Waals surface area (Å²) < 4.78 is 41.0. The number of thioether (sulfide) groups is 1. The summed E-state index contributed by atoms with van der Waals surface area (Å²) in [7, 11) is -4.01. The molecule has 180 valence electrons. The van der Waals surface area contributed by atoms with Crippen molar-refractivity contribution in [1.29, 1.82) is 0 Å². The Kier molecular flexibility index (Phi) is 9.12. The number of sulfonamides is 1. The molecule has 0 saturated heterocycles. The zero-order chi connectivity index (χ0) is 24.6. The molecule has 0 radical (unpaired) electrons. The molecule has 0 aromatic heterocycles. The van der Waals surface area contributed by atoms with E-state index >= 15 is 0 Å². The van der Waals surface area contributed by atoms with Gasteiger partial charge in [0.25, 0.3) is 10.0 Å². The third-order valence-corrected chi connectivity index (χ3v) is 8.09. The number of hydrogen-bond acceptors (Lipinski definition) is 4. The minimum atomic E-state index is -4.01. The van der Waals surface area contributed by atoms with Crippen molar-refractivity contribution in [2.24, 2.45) is 0 Å². The maximum absolute atomic E-state index is 13.4. The lowest BCUT2D eigenvalue weighted by atomic mass is 10.2. The Morgan fingerprint density at radius 2 is 1.50 bits per heavy atom. The molecule has 1 N–H and O–H groups in total. The van der Waals surface area contributed by atoms with E-state index < -0.39 is 28.3 Å². The van der Waals surface area contributed by atoms with Gasteiger partial charge in [-0.05, 0) is 68.0 Å². The second kappa shape index (κ2) is 12.0. The highest BCUT2D eigenvalue weighted by molar-refractivity contribution is 7.98. The molecule has 5 nitrogen and oxygen atoms in total. The number of amides is 1. The van der Waals surface area contributed by atoms with E-state index in [1.165, 1.54) is 47.5 Å². The van der Waals surface area contributed by atoms with Crippen LogP contribution in [-0.4, -0.2) is 33.2 Å². The van der Waals surface area contributed by atoms with Gasteiger partial charge in [0.2, 0.25) is 5.91 Å². The summed E-state index contributed by atoms with van der Waals surface area (Å²) in [5.41, 5.74) is 3.64. The summed E-state index contributed by atoms with van der Waals surface area (Å²) in [6.07, 6.45) is 0.767. The lowest BCUT2D eigenvalue weighted by molar-refractivity contribution is -0.119. The van der Waals surface area contributed by atoms with Crippen LogP contribution in [0.15, 0.2) is 77.7 Å². The van der Waals surface area contributed by atoms with E-state index in [-0.39, 0.29) is 10.6 Å². The van der Waals surface area contributed by atoms with Gasteiger partial charge in [0, 0.05) is 12.3 Å². The van der Waals surface area contributed by atoms with E-state index in [1.807, 2.05) is 6.92 Å². The van der Waals surface area contributed by atoms with Gasteiger partial charge in [-0.3, -0.25) is 9.10 Å². The maximum atomic E-state index is 13.4. The smallest absolute Gasteiger partial charge is 0.264 e. The summed E-state index contributed by atoms with van der Waals surface area (Å²) in [6.45, 7) is 3.98. The molecule has 8 heteroatoms. The Balaban J connectivity index is 1.57. The van der Waals surface area contributed by atoms with Crippen molar-refractivity contribution >= 4 is 33.4 Å². The summed E-state index contributed by atoms with van der Waals surface area (Å²) >= 11 is 1.79. The molecular weight excluding hydrogens is 471 g/mol. The highest BCUT2D eigenvalue weighted by atomic mass is 32.2. The lowest BCUT2D eigenvalue weighted by Gasteiger charge is -2.24. The summed E-state index contributed by atoms with van der Waals surface area (Å²) in [5.74, 6) is 0.881. The van der Waals surface area contributed by atoms with E-state index in [4.69, 9.17) is 0 Å². The molecule has 0 aliphatic carbocycles. The Bertz CT molecular complexity index is 1180. The molecular formula is C26H29FN2O3S2. The van der Waals surface area contributed by atoms with Gasteiger partial charge in [-0.25, -0.2) is 12.8 Å². The van der Waals surface area contributed by atoms with Crippen molar-refractivity contribution in [1.82, 2.24) is 5.32 Å². The lowest BCUT2D eigenvalue weighted by Crippen LogP contribution is -2.41. The van der Waals surface area contributed by atoms with Crippen LogP contribution in [0.5, 0.6) is 0 Å². The van der Waals surface area contributed by atoms with Crippen LogP contribution < -0.4 is 9.62 Å². The van der Waals surface area contributed by atoms with Gasteiger partial charge in [0.1, 0.15) is 12.4 Å². The van der Waals surface area contributed by atoms with Crippen molar-refractivity contribution in [3.8, 4) is 0 Å². The zero-order valence-corrected chi connectivity index (χ0v) is 21.0. The SMILES string of the molecule is Cc1ccc(CSCCCNC(=O)CN(c2ccc(F)cc2)S(=O)(=O)c2ccc(C)cc2)cc1. The Morgan fingerprint density at radius 1 is 0.912 bits per heavy atom. The first-order valence-electron chi connectivity index (χ1n) is 11.0. The van der Waals surface area contributed by atoms with Crippen LogP contribution in [0.1, 0.15) is 23.1 Å². The fraction of sp³-hybridized carbons (Fsp3) is 0.269. The zero-order valence-electron chi connectivity index (χ0n) is 19.3. The largest absolute Gasteiger partial charge is 0.354 e. The highest BCUT2D eigenvalue weighted by Gasteiger charge is 2.27. The van der Waals surface area contributed by atoms with E-state index in [1.54, 1.807) is 23.9 Å². The first kappa shape index (κ1) is 25.8. The molecule has 0 spiro atoms. The van der Waals surface area contributed by atoms with Gasteiger partial charge in [-0.1, -0.05) is 47.5 Å². The average Bonchev–Trinajstić information content (AvgIpc) is 2.82. The quantitative estimate of drug-likeness (QED) is 0.373. The summed E-state index contributed by atoms with van der Waals surface area (Å²) in [4.78, 5) is 12.7. The molecule has 0 fully saturated rings. The van der Waals surface area contributed by atoms with Crippen LogP contribution >= 0.6 is 11.8 Å². The number of benzene rings is 3. The molecule has 34 heavy (non-hydrogen) atoms. The van der Waals surface area contributed by atoms with Crippen molar-refractivity contribution in [3.63, 3.8) is 0 Å². The van der Waals surface area contributed by atoms with Crippen molar-refractivity contribution in [3.05, 3.63) is 95.3 Å². The van der Waals surface area contributed by atoms with Crippen molar-refractivity contribution < 1.29 is 17.6 Å². The second-order valence-electron chi connectivity index (χ2n) is 8.04. The Labute approximate surface area is 205 Å². The van der Waals surface area contributed by atoms with E-state index in [2.05, 4.69) is 36.5 Å². The minimum absolute atomic E-state index is 0.0720. The fourth-order valence-corrected chi connectivity index (χ4v) is 5.56. The van der Waals surface area contributed by atoms with Gasteiger partial charge in [-0.2, -0.15) is 11.8 Å². The first-order valence-corrected chi connectivity index (χ1v) is 13.6. The number of hydrogen-bond donors (Lipinski definition) is 1. The van der Waals surface area contributed by atoms with Gasteiger partial charge < -0.3 is 5.32 Å². The van der Waals surface area contributed by atoms with Crippen LogP contribution in [0.4, 0.5) is 10.1 Å². The number of anilines is 1. The molecule has 0 aliphatic heterocycles. The minimum Gasteiger partial charge on any atom is -0.354 e. The van der Waals surface area contributed by atoms with Gasteiger partial charge in [0.05, 0.1) is 10.6 Å². The monoisotopic (exact) mass is 500 g/mol. The van der Waals surface area contributed by atoms with Crippen molar-refractivity contribution in [2.45, 2.75) is 30.9 Å². The fourth-order valence-electron chi connectivity index (χ4n) is 3.22. The molecule has 0 atom stereocenters. The number of nitrogens with zero attached hydrogens (tertiary/aromatic N) is 1. The van der Waals surface area contributed by atoms with E-state index in [9.17, 15) is 17.6 Å². The summed E-state index contributed by atoms with van der Waals surface area (Å²) in [5, 5.41) is 2.80. The van der Waals surface area contributed by atoms with Crippen molar-refractivity contribution in [2.75, 3.05) is 23.1 Å². The number of halogens is 1. The van der Waals surface area contributed by atoms with Crippen LogP contribution in [0.25, 0.3) is 0 Å². The number of nitrogens with one attached hydrogen (secondary N) is 1. The molecule has 0 bridgehead atoms. The van der Waals surface area contributed by atoms with Gasteiger partial charge >= 0.3 is 0 Å². The average molecular weight is 501 g/mol. The first-order chi connectivity index (χ1) is 16.3. The molecule has 0 heterocycles. The second-order valence-corrected chi connectivity index (χ2v) is 11.0. The highest BCUT2D eigenvalue weighted by Crippen LogP contribution is 2.24. The molecule has 3 rings (SSSR count). The van der Waals surface area contributed by atoms with Crippen LogP contribution in [0.3, 0.4) is 0 Å². The number of carbonyl (C=O) groups is 1. The molecule has 0 aliphatic rings. The standard InChI is InChI=1S/C26H29FN2O3S2/c1-20-4-8-22(9-5-20)19-33-17-3-16-28-26(30)18-29(24-12-10-23(27)11-13-24)34(31,32)25-14-6-21(2)7-15-25/h4-15H,3,16-19H2,1-2H3,(H,28,30). The Hall–Kier alpha value is -2.84. The number of carbonyl (C=O) groups excluding carboxylic acids is 1. The third-order valence-electron chi connectivity index (χ3n) is 5.19. The molecule has 3 aromatic carbocycles. The normalized spacial score (nSPS) is 11.3. The van der Waals surface area contributed by atoms with E-state index in [0.29, 0.717) is 6.54 Å². The molecule has 0 unspecified atom stereocenters. The van der Waals surface area contributed by atoms with Gasteiger partial charge in [0.15, 0.2) is 0 Å². The Morgan fingerprint density at radius 3 is 2.12 bits per heavy atom. The molecule has 1 amide bonds. The molecule has 0 saturated carbocycles. The predicted molar refractivity (Wildman–Crippen MR) is 137 cm³/mol. The van der Waals surface area contributed by atoms with Crippen LogP contribution in [-0.2, 0) is 20.6 Å². The van der Waals surface area contributed by atoms with Crippen LogP contribution in [0.2, 0.25) is 0 Å². The maximum Gasteiger partial charge on any atom is 0.264 e. The van der Waals surface area contributed by atoms with E-state index in [0.717, 1.165) is 27.8 Å². The topological polar surface area (TPSA) is 66.5 Å².